The van der Waals surface area contributed by atoms with Gasteiger partial charge in [0, 0.05) is 6.07 Å². The minimum Gasteiger partial charge on any atom is -0.475 e. The van der Waals surface area contributed by atoms with Crippen LogP contribution >= 0.6 is 0 Å². The van der Waals surface area contributed by atoms with Crippen LogP contribution in [0, 0.1) is 0 Å². The Kier molecular flexibility index (Phi) is 1.83. The van der Waals surface area contributed by atoms with Crippen LogP contribution in [0.4, 0.5) is 13.2 Å². The Morgan fingerprint density at radius 2 is 2.08 bits per heavy atom. The van der Waals surface area contributed by atoms with Crippen LogP contribution < -0.4 is 0 Å². The first-order valence-electron chi connectivity index (χ1n) is 2.80. The summed E-state index contributed by atoms with van der Waals surface area (Å²) in [6.07, 6.45) is -4.19. The molecule has 1 rings (SSSR count). The van der Waals surface area contributed by atoms with E-state index in [0.29, 0.717) is 12.3 Å². The summed E-state index contributed by atoms with van der Waals surface area (Å²) in [5.41, 5.74) is -1.10. The molecule has 12 heavy (non-hydrogen) atoms. The van der Waals surface area contributed by atoms with Crippen LogP contribution in [0.1, 0.15) is 16.1 Å². The normalized spacial score (nSPS) is 11.6. The van der Waals surface area contributed by atoms with Crippen molar-refractivity contribution in [1.82, 2.24) is 0 Å². The van der Waals surface area contributed by atoms with E-state index >= 15 is 0 Å². The van der Waals surface area contributed by atoms with Crippen LogP contribution in [0.3, 0.4) is 0 Å². The highest BCUT2D eigenvalue weighted by molar-refractivity contribution is 5.84. The van der Waals surface area contributed by atoms with Gasteiger partial charge in [-0.2, -0.15) is 13.2 Å². The molecule has 0 aliphatic rings. The highest BCUT2D eigenvalue weighted by atomic mass is 19.4. The quantitative estimate of drug-likeness (QED) is 0.718. The lowest BCUT2D eigenvalue weighted by atomic mass is 10.3. The van der Waals surface area contributed by atoms with E-state index in [-0.39, 0.29) is 0 Å². The monoisotopic (exact) mass is 180 g/mol. The van der Waals surface area contributed by atoms with Crippen LogP contribution in [0.2, 0.25) is 0 Å². The third kappa shape index (κ3) is 1.58. The average Bonchev–Trinajstić information content (AvgIpc) is 2.30. The number of carbonyl (C=O) groups is 1. The molecule has 0 aliphatic heterocycles. The number of carboxylic acids is 1. The first-order chi connectivity index (χ1) is 5.41. The molecule has 0 saturated heterocycles. The largest absolute Gasteiger partial charge is 0.475 e. The molecule has 0 unspecified atom stereocenters. The molecule has 0 aliphatic carbocycles. The van der Waals surface area contributed by atoms with Crippen molar-refractivity contribution < 1.29 is 27.5 Å². The van der Waals surface area contributed by atoms with Crippen molar-refractivity contribution in [2.24, 2.45) is 0 Å². The van der Waals surface area contributed by atoms with Crippen LogP contribution in [-0.2, 0) is 6.18 Å². The van der Waals surface area contributed by atoms with E-state index in [1.165, 1.54) is 0 Å². The summed E-state index contributed by atoms with van der Waals surface area (Å²) in [5.74, 6) is -2.24. The van der Waals surface area contributed by atoms with Crippen LogP contribution in [-0.4, -0.2) is 11.1 Å². The Bertz CT molecular complexity index is 299. The van der Waals surface area contributed by atoms with E-state index in [1.807, 2.05) is 0 Å². The first-order valence-corrected chi connectivity index (χ1v) is 2.80. The molecule has 0 spiro atoms. The molecule has 66 valence electrons. The molecule has 1 aromatic heterocycles. The standard InChI is InChI=1S/C6H3F3O3/c7-6(8,9)3-1-4(5(10)11)12-2-3/h1-2H,(H,10,11). The fraction of sp³-hybridized carbons (Fsp3) is 0.167. The lowest BCUT2D eigenvalue weighted by Crippen LogP contribution is -2.02. The zero-order valence-electron chi connectivity index (χ0n) is 5.55. The molecule has 1 aromatic rings. The van der Waals surface area contributed by atoms with Crippen molar-refractivity contribution in [1.29, 1.82) is 0 Å². The fourth-order valence-electron chi connectivity index (χ4n) is 0.597. The van der Waals surface area contributed by atoms with Gasteiger partial charge in [0.15, 0.2) is 0 Å². The lowest BCUT2D eigenvalue weighted by molar-refractivity contribution is -0.137. The van der Waals surface area contributed by atoms with Gasteiger partial charge in [0.05, 0.1) is 5.56 Å². The second-order valence-electron chi connectivity index (χ2n) is 2.00. The van der Waals surface area contributed by atoms with E-state index < -0.39 is 23.5 Å². The Hall–Kier alpha value is -1.46. The van der Waals surface area contributed by atoms with E-state index in [2.05, 4.69) is 4.42 Å². The van der Waals surface area contributed by atoms with Crippen LogP contribution in [0.5, 0.6) is 0 Å². The predicted molar refractivity (Wildman–Crippen MR) is 30.7 cm³/mol. The maximum absolute atomic E-state index is 11.8. The van der Waals surface area contributed by atoms with Crippen molar-refractivity contribution in [2.45, 2.75) is 6.18 Å². The number of halogens is 3. The molecule has 0 saturated carbocycles. The molecule has 0 aromatic carbocycles. The van der Waals surface area contributed by atoms with Gasteiger partial charge in [-0.1, -0.05) is 0 Å². The van der Waals surface area contributed by atoms with Gasteiger partial charge < -0.3 is 9.52 Å². The van der Waals surface area contributed by atoms with Crippen molar-refractivity contribution in [2.75, 3.05) is 0 Å². The number of furan rings is 1. The van der Waals surface area contributed by atoms with Crippen molar-refractivity contribution in [3.63, 3.8) is 0 Å². The smallest absolute Gasteiger partial charge is 0.419 e. The Labute approximate surface area is 64.4 Å². The number of aromatic carboxylic acids is 1. The molecule has 0 bridgehead atoms. The molecular weight excluding hydrogens is 177 g/mol. The van der Waals surface area contributed by atoms with E-state index in [1.54, 1.807) is 0 Å². The molecule has 0 amide bonds. The number of alkyl halides is 3. The van der Waals surface area contributed by atoms with Crippen LogP contribution in [0.25, 0.3) is 0 Å². The Morgan fingerprint density at radius 3 is 2.33 bits per heavy atom. The predicted octanol–water partition coefficient (Wildman–Crippen LogP) is 2.00. The molecule has 0 atom stereocenters. The number of carboxylic acid groups (broad SMARTS) is 1. The van der Waals surface area contributed by atoms with E-state index in [9.17, 15) is 18.0 Å². The third-order valence-electron chi connectivity index (χ3n) is 1.14. The Morgan fingerprint density at radius 1 is 1.50 bits per heavy atom. The minimum absolute atomic E-state index is 0.365. The molecule has 0 fully saturated rings. The summed E-state index contributed by atoms with van der Waals surface area (Å²) in [6, 6.07) is 0.433. The summed E-state index contributed by atoms with van der Waals surface area (Å²) in [6.45, 7) is 0. The van der Waals surface area contributed by atoms with Gasteiger partial charge in [0.2, 0.25) is 5.76 Å². The second kappa shape index (κ2) is 2.54. The summed E-state index contributed by atoms with van der Waals surface area (Å²) in [5, 5.41) is 8.20. The van der Waals surface area contributed by atoms with Crippen molar-refractivity contribution >= 4 is 5.97 Å². The maximum atomic E-state index is 11.8. The zero-order valence-corrected chi connectivity index (χ0v) is 5.55. The highest BCUT2D eigenvalue weighted by Gasteiger charge is 2.33. The fourth-order valence-corrected chi connectivity index (χ4v) is 0.597. The van der Waals surface area contributed by atoms with Gasteiger partial charge >= 0.3 is 12.1 Å². The molecule has 1 heterocycles. The first kappa shape index (κ1) is 8.63. The summed E-state index contributed by atoms with van der Waals surface area (Å²) < 4.78 is 39.6. The van der Waals surface area contributed by atoms with Gasteiger partial charge in [-0.3, -0.25) is 0 Å². The van der Waals surface area contributed by atoms with Gasteiger partial charge in [-0.15, -0.1) is 0 Å². The molecule has 1 N–H and O–H groups in total. The molecule has 3 nitrogen and oxygen atoms in total. The zero-order chi connectivity index (χ0) is 9.35. The highest BCUT2D eigenvalue weighted by Crippen LogP contribution is 2.30. The molecular formula is C6H3F3O3. The number of hydrogen-bond acceptors (Lipinski definition) is 2. The average molecular weight is 180 g/mol. The maximum Gasteiger partial charge on any atom is 0.419 e. The van der Waals surface area contributed by atoms with E-state index in [4.69, 9.17) is 5.11 Å². The third-order valence-corrected chi connectivity index (χ3v) is 1.14. The topological polar surface area (TPSA) is 50.4 Å². The van der Waals surface area contributed by atoms with Gasteiger partial charge in [0.1, 0.15) is 6.26 Å². The van der Waals surface area contributed by atoms with E-state index in [0.717, 1.165) is 0 Å². The van der Waals surface area contributed by atoms with Crippen LogP contribution in [0.15, 0.2) is 16.7 Å². The minimum atomic E-state index is -4.56. The van der Waals surface area contributed by atoms with Crippen molar-refractivity contribution in [3.8, 4) is 0 Å². The summed E-state index contributed by atoms with van der Waals surface area (Å²) in [7, 11) is 0. The SMILES string of the molecule is O=C(O)c1cc(C(F)(F)F)co1. The molecule has 0 radical (unpaired) electrons. The van der Waals surface area contributed by atoms with Gasteiger partial charge in [0.25, 0.3) is 0 Å². The summed E-state index contributed by atoms with van der Waals surface area (Å²) >= 11 is 0. The van der Waals surface area contributed by atoms with Gasteiger partial charge in [-0.05, 0) is 0 Å². The second-order valence-corrected chi connectivity index (χ2v) is 2.00. The number of hydrogen-bond donors (Lipinski definition) is 1. The van der Waals surface area contributed by atoms with Gasteiger partial charge in [-0.25, -0.2) is 4.79 Å². The number of rotatable bonds is 1. The van der Waals surface area contributed by atoms with Crippen molar-refractivity contribution in [3.05, 3.63) is 23.7 Å². The Balaban J connectivity index is 3.00. The lowest BCUT2D eigenvalue weighted by Gasteiger charge is -1.99. The summed E-state index contributed by atoms with van der Waals surface area (Å²) in [4.78, 5) is 10.1. The molecule has 6 heteroatoms.